The average molecular weight is 498 g/mol. The molecule has 1 saturated carbocycles. The predicted molar refractivity (Wildman–Crippen MR) is 147 cm³/mol. The Kier molecular flexibility index (Phi) is 13.7. The van der Waals surface area contributed by atoms with Crippen molar-refractivity contribution < 1.29 is 19.1 Å². The number of hydrogen-bond donors (Lipinski definition) is 0. The van der Waals surface area contributed by atoms with Gasteiger partial charge in [0.15, 0.2) is 0 Å². The first-order valence-electron chi connectivity index (χ1n) is 14.2. The Morgan fingerprint density at radius 1 is 0.833 bits per heavy atom. The van der Waals surface area contributed by atoms with E-state index in [1.165, 1.54) is 76.8 Å². The van der Waals surface area contributed by atoms with E-state index in [9.17, 15) is 14.4 Å². The number of carbonyl (C=O) groups is 3. The van der Waals surface area contributed by atoms with E-state index in [4.69, 9.17) is 4.74 Å². The van der Waals surface area contributed by atoms with Crippen molar-refractivity contribution in [2.45, 2.75) is 117 Å². The molecule has 0 bridgehead atoms. The zero-order valence-corrected chi connectivity index (χ0v) is 22.9. The lowest BCUT2D eigenvalue weighted by Gasteiger charge is -2.30. The van der Waals surface area contributed by atoms with Gasteiger partial charge in [0.1, 0.15) is 17.5 Å². The Morgan fingerprint density at radius 2 is 1.31 bits per heavy atom. The molecule has 0 atom stereocenters. The molecule has 5 nitrogen and oxygen atoms in total. The van der Waals surface area contributed by atoms with Gasteiger partial charge in [0, 0.05) is 19.1 Å². The van der Waals surface area contributed by atoms with Gasteiger partial charge in [-0.1, -0.05) is 97.8 Å². The number of carbonyl (C=O) groups excluding carboxylic acids is 3. The normalized spacial score (nSPS) is 16.1. The van der Waals surface area contributed by atoms with Crippen LogP contribution in [-0.2, 0) is 14.3 Å². The highest BCUT2D eigenvalue weighted by Crippen LogP contribution is 2.33. The first-order valence-corrected chi connectivity index (χ1v) is 14.2. The van der Waals surface area contributed by atoms with Crippen molar-refractivity contribution in [3.05, 3.63) is 29.8 Å². The van der Waals surface area contributed by atoms with Crippen molar-refractivity contribution in [1.82, 2.24) is 0 Å². The van der Waals surface area contributed by atoms with Crippen molar-refractivity contribution in [2.75, 3.05) is 6.61 Å². The summed E-state index contributed by atoms with van der Waals surface area (Å²) in [6.07, 6.45) is 18.9. The molecule has 0 saturated heterocycles. The topological polar surface area (TPSA) is 72.8 Å². The molecule has 1 aliphatic carbocycles. The Balaban J connectivity index is 1.56. The number of aliphatic imine (C=N–C) groups is 1. The van der Waals surface area contributed by atoms with Crippen molar-refractivity contribution >= 4 is 29.4 Å². The third kappa shape index (κ3) is 11.6. The van der Waals surface area contributed by atoms with E-state index in [2.05, 4.69) is 11.9 Å². The first kappa shape index (κ1) is 29.9. The summed E-state index contributed by atoms with van der Waals surface area (Å²) in [7, 11) is 0. The average Bonchev–Trinajstić information content (AvgIpc) is 2.83. The fourth-order valence-corrected chi connectivity index (χ4v) is 4.78. The van der Waals surface area contributed by atoms with Crippen molar-refractivity contribution in [3.8, 4) is 0 Å². The summed E-state index contributed by atoms with van der Waals surface area (Å²) >= 11 is 0. The zero-order valence-electron chi connectivity index (χ0n) is 22.9. The molecule has 0 aliphatic heterocycles. The molecule has 0 unspecified atom stereocenters. The molecule has 200 valence electrons. The number of rotatable bonds is 17. The monoisotopic (exact) mass is 497 g/mol. The van der Waals surface area contributed by atoms with Gasteiger partial charge in [0.2, 0.25) is 0 Å². The van der Waals surface area contributed by atoms with E-state index in [1.54, 1.807) is 24.3 Å². The molecule has 1 aliphatic rings. The summed E-state index contributed by atoms with van der Waals surface area (Å²) in [6, 6.07) is 6.76. The van der Waals surface area contributed by atoms with Crippen molar-refractivity contribution in [1.29, 1.82) is 0 Å². The van der Waals surface area contributed by atoms with Crippen LogP contribution in [0.3, 0.4) is 0 Å². The largest absolute Gasteiger partial charge is 0.462 e. The van der Waals surface area contributed by atoms with Crippen LogP contribution in [0.15, 0.2) is 29.3 Å². The SMILES string of the molecule is CCCCCCCCCCCCCCCOC(=O)c1ccc(N=CC2C(=O)CC(C)(C)CC2=O)cc1. The van der Waals surface area contributed by atoms with Crippen LogP contribution >= 0.6 is 0 Å². The van der Waals surface area contributed by atoms with Gasteiger partial charge in [-0.25, -0.2) is 4.79 Å². The Morgan fingerprint density at radius 3 is 1.81 bits per heavy atom. The molecule has 0 spiro atoms. The minimum Gasteiger partial charge on any atom is -0.462 e. The Bertz CT molecular complexity index is 821. The lowest BCUT2D eigenvalue weighted by molar-refractivity contribution is -0.136. The molecule has 5 heteroatoms. The molecule has 0 aromatic heterocycles. The molecule has 0 N–H and O–H groups in total. The van der Waals surface area contributed by atoms with E-state index in [1.807, 2.05) is 13.8 Å². The number of esters is 1. The molecule has 1 fully saturated rings. The van der Waals surface area contributed by atoms with Crippen LogP contribution in [0.1, 0.15) is 127 Å². The van der Waals surface area contributed by atoms with Crippen molar-refractivity contribution in [3.63, 3.8) is 0 Å². The number of ketones is 2. The van der Waals surface area contributed by atoms with Crippen LogP contribution in [0.25, 0.3) is 0 Å². The fraction of sp³-hybridized carbons (Fsp3) is 0.677. The highest BCUT2D eigenvalue weighted by Gasteiger charge is 2.38. The Labute approximate surface area is 218 Å². The van der Waals surface area contributed by atoms with E-state index >= 15 is 0 Å². The molecule has 2 rings (SSSR count). The maximum absolute atomic E-state index is 12.3. The van der Waals surface area contributed by atoms with E-state index in [-0.39, 0.29) is 23.0 Å². The molecule has 0 amide bonds. The van der Waals surface area contributed by atoms with Crippen LogP contribution in [0.4, 0.5) is 5.69 Å². The summed E-state index contributed by atoms with van der Waals surface area (Å²) in [4.78, 5) is 41.2. The molecule has 1 aromatic carbocycles. The number of Topliss-reactive ketones (excluding diaryl/α,β-unsaturated/α-hetero) is 2. The van der Waals surface area contributed by atoms with E-state index in [0.717, 1.165) is 12.8 Å². The van der Waals surface area contributed by atoms with E-state index in [0.29, 0.717) is 30.7 Å². The minimum absolute atomic E-state index is 0.0756. The smallest absolute Gasteiger partial charge is 0.338 e. The van der Waals surface area contributed by atoms with E-state index < -0.39 is 5.92 Å². The van der Waals surface area contributed by atoms with Crippen LogP contribution in [0.5, 0.6) is 0 Å². The van der Waals surface area contributed by atoms with Crippen LogP contribution in [-0.4, -0.2) is 30.4 Å². The molecular formula is C31H47NO4. The number of nitrogens with zero attached hydrogens (tertiary/aromatic N) is 1. The van der Waals surface area contributed by atoms with Gasteiger partial charge in [-0.05, 0) is 36.1 Å². The molecule has 36 heavy (non-hydrogen) atoms. The van der Waals surface area contributed by atoms with Gasteiger partial charge in [-0.15, -0.1) is 0 Å². The third-order valence-electron chi connectivity index (χ3n) is 6.96. The quantitative estimate of drug-likeness (QED) is 0.0940. The van der Waals surface area contributed by atoms with Gasteiger partial charge < -0.3 is 4.74 Å². The molecule has 0 radical (unpaired) electrons. The van der Waals surface area contributed by atoms with Gasteiger partial charge in [-0.3, -0.25) is 14.6 Å². The third-order valence-corrected chi connectivity index (χ3v) is 6.96. The zero-order chi connectivity index (χ0) is 26.2. The highest BCUT2D eigenvalue weighted by atomic mass is 16.5. The predicted octanol–water partition coefficient (Wildman–Crippen LogP) is 8.21. The lowest BCUT2D eigenvalue weighted by Crippen LogP contribution is -2.38. The summed E-state index contributed by atoms with van der Waals surface area (Å²) in [5, 5.41) is 0. The minimum atomic E-state index is -0.761. The standard InChI is InChI=1S/C31H47NO4/c1-4-5-6-7-8-9-10-11-12-13-14-15-16-21-36-30(35)25-17-19-26(20-18-25)32-24-27-28(33)22-31(2,3)23-29(27)34/h17-20,24,27H,4-16,21-23H2,1-3H3. The van der Waals surface area contributed by atoms with Crippen LogP contribution < -0.4 is 0 Å². The van der Waals surface area contributed by atoms with Crippen LogP contribution in [0.2, 0.25) is 0 Å². The molecule has 0 heterocycles. The second-order valence-electron chi connectivity index (χ2n) is 11.1. The summed E-state index contributed by atoms with van der Waals surface area (Å²) in [6.45, 7) is 6.58. The summed E-state index contributed by atoms with van der Waals surface area (Å²) in [5.74, 6) is -1.24. The lowest BCUT2D eigenvalue weighted by atomic mass is 9.72. The highest BCUT2D eigenvalue weighted by molar-refractivity contribution is 6.16. The van der Waals surface area contributed by atoms with Crippen molar-refractivity contribution in [2.24, 2.45) is 16.3 Å². The number of hydrogen-bond acceptors (Lipinski definition) is 5. The molecular weight excluding hydrogens is 450 g/mol. The van der Waals surface area contributed by atoms with Gasteiger partial charge in [0.25, 0.3) is 0 Å². The van der Waals surface area contributed by atoms with Crippen LogP contribution in [0, 0.1) is 11.3 Å². The number of unbranched alkanes of at least 4 members (excludes halogenated alkanes) is 12. The van der Waals surface area contributed by atoms with Gasteiger partial charge >= 0.3 is 5.97 Å². The maximum Gasteiger partial charge on any atom is 0.338 e. The fourth-order valence-electron chi connectivity index (χ4n) is 4.78. The summed E-state index contributed by atoms with van der Waals surface area (Å²) < 4.78 is 5.40. The number of benzene rings is 1. The number of ether oxygens (including phenoxy) is 1. The molecule has 1 aromatic rings. The van der Waals surface area contributed by atoms with Gasteiger partial charge in [-0.2, -0.15) is 0 Å². The second kappa shape index (κ2) is 16.4. The second-order valence-corrected chi connectivity index (χ2v) is 11.1. The maximum atomic E-state index is 12.3. The summed E-state index contributed by atoms with van der Waals surface area (Å²) in [5.41, 5.74) is 0.816. The first-order chi connectivity index (χ1) is 17.3. The van der Waals surface area contributed by atoms with Gasteiger partial charge in [0.05, 0.1) is 17.9 Å². The Hall–Kier alpha value is -2.30.